The maximum absolute atomic E-state index is 11.8. The standard InChI is InChI=1S/C14H23N3O3S/c1-3-5-6-13(15)14(18)17-11-7-9-12(10-8-11)21(19,20)16-4-2/h7-10,13,16H,3-6,15H2,1-2H3,(H,17,18)/t13-/m0/s1. The molecule has 21 heavy (non-hydrogen) atoms. The van der Waals surface area contributed by atoms with Crippen molar-refractivity contribution in [1.29, 1.82) is 0 Å². The van der Waals surface area contributed by atoms with Gasteiger partial charge in [0.25, 0.3) is 0 Å². The van der Waals surface area contributed by atoms with E-state index in [2.05, 4.69) is 10.0 Å². The second-order valence-corrected chi connectivity index (χ2v) is 6.53. The van der Waals surface area contributed by atoms with Gasteiger partial charge in [-0.25, -0.2) is 13.1 Å². The lowest BCUT2D eigenvalue weighted by atomic mass is 10.1. The zero-order chi connectivity index (χ0) is 15.9. The topological polar surface area (TPSA) is 101 Å². The Morgan fingerprint density at radius 3 is 2.38 bits per heavy atom. The molecule has 0 bridgehead atoms. The van der Waals surface area contributed by atoms with Crippen molar-refractivity contribution in [1.82, 2.24) is 4.72 Å². The molecule has 0 aliphatic rings. The molecule has 1 amide bonds. The van der Waals surface area contributed by atoms with Crippen LogP contribution in [0.4, 0.5) is 5.69 Å². The number of anilines is 1. The Kier molecular flexibility index (Phi) is 6.80. The number of nitrogens with two attached hydrogens (primary N) is 1. The third-order valence-corrected chi connectivity index (χ3v) is 4.53. The summed E-state index contributed by atoms with van der Waals surface area (Å²) in [4.78, 5) is 12.0. The van der Waals surface area contributed by atoms with Gasteiger partial charge in [0, 0.05) is 12.2 Å². The minimum atomic E-state index is -3.47. The smallest absolute Gasteiger partial charge is 0.241 e. The summed E-state index contributed by atoms with van der Waals surface area (Å²) in [6.07, 6.45) is 2.52. The van der Waals surface area contributed by atoms with Crippen LogP contribution in [0.5, 0.6) is 0 Å². The minimum Gasteiger partial charge on any atom is -0.325 e. The highest BCUT2D eigenvalue weighted by Crippen LogP contribution is 2.14. The van der Waals surface area contributed by atoms with Crippen LogP contribution in [0, 0.1) is 0 Å². The highest BCUT2D eigenvalue weighted by Gasteiger charge is 2.15. The molecule has 4 N–H and O–H groups in total. The van der Waals surface area contributed by atoms with E-state index in [1.54, 1.807) is 19.1 Å². The van der Waals surface area contributed by atoms with Gasteiger partial charge >= 0.3 is 0 Å². The van der Waals surface area contributed by atoms with Crippen LogP contribution in [0.3, 0.4) is 0 Å². The van der Waals surface area contributed by atoms with E-state index < -0.39 is 16.1 Å². The molecule has 1 rings (SSSR count). The van der Waals surface area contributed by atoms with Crippen molar-refractivity contribution in [2.24, 2.45) is 5.73 Å². The van der Waals surface area contributed by atoms with Crippen molar-refractivity contribution in [2.45, 2.75) is 44.0 Å². The van der Waals surface area contributed by atoms with Gasteiger partial charge in [-0.1, -0.05) is 26.7 Å². The van der Waals surface area contributed by atoms with Gasteiger partial charge in [-0.15, -0.1) is 0 Å². The van der Waals surface area contributed by atoms with Crippen LogP contribution in [-0.2, 0) is 14.8 Å². The highest BCUT2D eigenvalue weighted by atomic mass is 32.2. The van der Waals surface area contributed by atoms with Crippen LogP contribution >= 0.6 is 0 Å². The average Bonchev–Trinajstić information content (AvgIpc) is 2.45. The number of carbonyl (C=O) groups is 1. The van der Waals surface area contributed by atoms with Crippen LogP contribution in [0.1, 0.15) is 33.1 Å². The Morgan fingerprint density at radius 2 is 1.86 bits per heavy atom. The molecule has 0 saturated carbocycles. The van der Waals surface area contributed by atoms with Crippen molar-refractivity contribution in [3.63, 3.8) is 0 Å². The lowest BCUT2D eigenvalue weighted by Crippen LogP contribution is -2.35. The predicted octanol–water partition coefficient (Wildman–Crippen LogP) is 1.44. The van der Waals surface area contributed by atoms with Crippen molar-refractivity contribution in [3.8, 4) is 0 Å². The summed E-state index contributed by atoms with van der Waals surface area (Å²) in [5.74, 6) is -0.259. The zero-order valence-corrected chi connectivity index (χ0v) is 13.2. The molecular formula is C14H23N3O3S. The molecule has 0 aliphatic heterocycles. The summed E-state index contributed by atoms with van der Waals surface area (Å²) in [6, 6.07) is 5.45. The average molecular weight is 313 g/mol. The molecule has 6 nitrogen and oxygen atoms in total. The van der Waals surface area contributed by atoms with Crippen molar-refractivity contribution >= 4 is 21.6 Å². The van der Waals surface area contributed by atoms with Crippen LogP contribution < -0.4 is 15.8 Å². The molecule has 0 spiro atoms. The summed E-state index contributed by atoms with van der Waals surface area (Å²) in [5, 5.41) is 2.68. The first kappa shape index (κ1) is 17.6. The Morgan fingerprint density at radius 1 is 1.24 bits per heavy atom. The van der Waals surface area contributed by atoms with E-state index >= 15 is 0 Å². The molecule has 0 heterocycles. The molecule has 1 aromatic rings. The van der Waals surface area contributed by atoms with E-state index in [9.17, 15) is 13.2 Å². The largest absolute Gasteiger partial charge is 0.325 e. The number of unbranched alkanes of at least 4 members (excludes halogenated alkanes) is 1. The fraction of sp³-hybridized carbons (Fsp3) is 0.500. The number of rotatable bonds is 8. The Labute approximate surface area is 126 Å². The lowest BCUT2D eigenvalue weighted by molar-refractivity contribution is -0.117. The minimum absolute atomic E-state index is 0.164. The number of sulfonamides is 1. The van der Waals surface area contributed by atoms with E-state index in [1.165, 1.54) is 12.1 Å². The fourth-order valence-electron chi connectivity index (χ4n) is 1.78. The summed E-state index contributed by atoms with van der Waals surface area (Å²) < 4.78 is 26.0. The molecule has 1 aromatic carbocycles. The van der Waals surface area contributed by atoms with Crippen LogP contribution in [-0.4, -0.2) is 26.9 Å². The summed E-state index contributed by atoms with van der Waals surface area (Å²) >= 11 is 0. The first-order valence-electron chi connectivity index (χ1n) is 7.07. The molecule has 0 fully saturated rings. The number of carbonyl (C=O) groups excluding carboxylic acids is 1. The van der Waals surface area contributed by atoms with E-state index in [4.69, 9.17) is 5.73 Å². The number of hydrogen-bond donors (Lipinski definition) is 3. The van der Waals surface area contributed by atoms with Gasteiger partial charge < -0.3 is 11.1 Å². The van der Waals surface area contributed by atoms with Gasteiger partial charge in [-0.3, -0.25) is 4.79 Å². The molecule has 0 unspecified atom stereocenters. The quantitative estimate of drug-likeness (QED) is 0.676. The normalized spacial score (nSPS) is 12.9. The predicted molar refractivity (Wildman–Crippen MR) is 83.4 cm³/mol. The first-order chi connectivity index (χ1) is 9.90. The van der Waals surface area contributed by atoms with Gasteiger partial charge in [-0.2, -0.15) is 0 Å². The van der Waals surface area contributed by atoms with E-state index in [1.807, 2.05) is 6.92 Å². The van der Waals surface area contributed by atoms with Gasteiger partial charge in [0.1, 0.15) is 0 Å². The van der Waals surface area contributed by atoms with E-state index in [0.717, 1.165) is 12.8 Å². The molecule has 0 aromatic heterocycles. The maximum atomic E-state index is 11.8. The molecule has 7 heteroatoms. The van der Waals surface area contributed by atoms with Crippen LogP contribution in [0.2, 0.25) is 0 Å². The van der Waals surface area contributed by atoms with Crippen molar-refractivity contribution < 1.29 is 13.2 Å². The second kappa shape index (κ2) is 8.11. The third kappa shape index (κ3) is 5.45. The monoisotopic (exact) mass is 313 g/mol. The van der Waals surface area contributed by atoms with Gasteiger partial charge in [0.05, 0.1) is 10.9 Å². The van der Waals surface area contributed by atoms with E-state index in [0.29, 0.717) is 18.7 Å². The zero-order valence-electron chi connectivity index (χ0n) is 12.4. The van der Waals surface area contributed by atoms with Crippen molar-refractivity contribution in [3.05, 3.63) is 24.3 Å². The molecule has 118 valence electrons. The molecule has 1 atom stereocenters. The Balaban J connectivity index is 2.69. The van der Waals surface area contributed by atoms with Gasteiger partial charge in [0.15, 0.2) is 0 Å². The fourth-order valence-corrected chi connectivity index (χ4v) is 2.82. The molecule has 0 saturated heterocycles. The first-order valence-corrected chi connectivity index (χ1v) is 8.55. The molecular weight excluding hydrogens is 290 g/mol. The van der Waals surface area contributed by atoms with Gasteiger partial charge in [-0.05, 0) is 30.7 Å². The number of benzene rings is 1. The van der Waals surface area contributed by atoms with E-state index in [-0.39, 0.29) is 10.8 Å². The lowest BCUT2D eigenvalue weighted by Gasteiger charge is -2.12. The number of hydrogen-bond acceptors (Lipinski definition) is 4. The van der Waals surface area contributed by atoms with Crippen LogP contribution in [0.25, 0.3) is 0 Å². The summed E-state index contributed by atoms with van der Waals surface area (Å²) in [6.45, 7) is 4.07. The SMILES string of the molecule is CCCC[C@H](N)C(=O)Nc1ccc(S(=O)(=O)NCC)cc1. The number of nitrogens with one attached hydrogen (secondary N) is 2. The van der Waals surface area contributed by atoms with Crippen LogP contribution in [0.15, 0.2) is 29.2 Å². The summed E-state index contributed by atoms with van der Waals surface area (Å²) in [7, 11) is -3.47. The molecule has 0 radical (unpaired) electrons. The van der Waals surface area contributed by atoms with Gasteiger partial charge in [0.2, 0.25) is 15.9 Å². The molecule has 0 aliphatic carbocycles. The second-order valence-electron chi connectivity index (χ2n) is 4.76. The third-order valence-electron chi connectivity index (χ3n) is 2.97. The maximum Gasteiger partial charge on any atom is 0.241 e. The number of amides is 1. The Hall–Kier alpha value is -1.44. The van der Waals surface area contributed by atoms with Crippen molar-refractivity contribution in [2.75, 3.05) is 11.9 Å². The Bertz CT molecular complexity index is 555. The summed E-state index contributed by atoms with van der Waals surface area (Å²) in [5.41, 5.74) is 6.30. The highest BCUT2D eigenvalue weighted by molar-refractivity contribution is 7.89.